The summed E-state index contributed by atoms with van der Waals surface area (Å²) in [6.45, 7) is 3.85. The summed E-state index contributed by atoms with van der Waals surface area (Å²) in [6.07, 6.45) is 0.770. The molecule has 1 fully saturated rings. The van der Waals surface area contributed by atoms with Gasteiger partial charge in [0.25, 0.3) is 0 Å². The number of nitrogens with one attached hydrogen (secondary N) is 1. The summed E-state index contributed by atoms with van der Waals surface area (Å²) in [5.74, 6) is 1.63. The first kappa shape index (κ1) is 16.0. The Kier molecular flexibility index (Phi) is 4.31. The van der Waals surface area contributed by atoms with Crippen LogP contribution in [0, 0.1) is 0 Å². The number of urea groups is 1. The van der Waals surface area contributed by atoms with Crippen LogP contribution >= 0.6 is 0 Å². The molecule has 0 saturated carbocycles. The first-order chi connectivity index (χ1) is 12.2. The number of fused-ring (bicyclic) bond motifs is 1. The van der Waals surface area contributed by atoms with Crippen molar-refractivity contribution in [2.45, 2.75) is 13.0 Å². The van der Waals surface area contributed by atoms with E-state index in [1.165, 1.54) is 0 Å². The van der Waals surface area contributed by atoms with E-state index < -0.39 is 0 Å². The van der Waals surface area contributed by atoms with Gasteiger partial charge in [-0.3, -0.25) is 0 Å². The molecule has 0 unspecified atom stereocenters. The Bertz CT molecular complexity index is 767. The summed E-state index contributed by atoms with van der Waals surface area (Å²) in [6, 6.07) is 7.91. The molecular formula is C18H22N4O3. The smallest absolute Gasteiger partial charge is 0.320 e. The van der Waals surface area contributed by atoms with Crippen molar-refractivity contribution in [1.82, 2.24) is 19.8 Å². The second-order valence-corrected chi connectivity index (χ2v) is 6.30. The SMILES string of the molecule is COc1cccc(-c2nc3c([nH]2)CN(C(=O)N2CCOCC2)CC3)c1. The highest BCUT2D eigenvalue weighted by Crippen LogP contribution is 2.25. The third kappa shape index (κ3) is 3.19. The van der Waals surface area contributed by atoms with Gasteiger partial charge in [0.1, 0.15) is 11.6 Å². The van der Waals surface area contributed by atoms with Crippen LogP contribution < -0.4 is 4.74 Å². The van der Waals surface area contributed by atoms with Crippen molar-refractivity contribution in [1.29, 1.82) is 0 Å². The number of amides is 2. The van der Waals surface area contributed by atoms with Crippen LogP contribution in [0.1, 0.15) is 11.4 Å². The van der Waals surface area contributed by atoms with E-state index in [2.05, 4.69) is 4.98 Å². The van der Waals surface area contributed by atoms with Crippen LogP contribution in [-0.2, 0) is 17.7 Å². The number of ether oxygens (including phenoxy) is 2. The van der Waals surface area contributed by atoms with Crippen molar-refractivity contribution in [2.75, 3.05) is 40.0 Å². The van der Waals surface area contributed by atoms with Gasteiger partial charge >= 0.3 is 6.03 Å². The lowest BCUT2D eigenvalue weighted by molar-refractivity contribution is 0.0420. The summed E-state index contributed by atoms with van der Waals surface area (Å²) >= 11 is 0. The van der Waals surface area contributed by atoms with Crippen molar-refractivity contribution in [2.24, 2.45) is 0 Å². The van der Waals surface area contributed by atoms with Crippen LogP contribution in [0.25, 0.3) is 11.4 Å². The maximum atomic E-state index is 12.7. The summed E-state index contributed by atoms with van der Waals surface area (Å²) in [7, 11) is 1.65. The Labute approximate surface area is 146 Å². The molecule has 132 valence electrons. The molecule has 0 radical (unpaired) electrons. The van der Waals surface area contributed by atoms with Gasteiger partial charge in [0, 0.05) is 31.6 Å². The molecular weight excluding hydrogens is 320 g/mol. The zero-order valence-corrected chi connectivity index (χ0v) is 14.3. The van der Waals surface area contributed by atoms with E-state index >= 15 is 0 Å². The molecule has 3 heterocycles. The molecule has 1 N–H and O–H groups in total. The van der Waals surface area contributed by atoms with Crippen LogP contribution in [0.15, 0.2) is 24.3 Å². The number of aromatic nitrogens is 2. The van der Waals surface area contributed by atoms with E-state index in [1.54, 1.807) is 7.11 Å². The first-order valence-corrected chi connectivity index (χ1v) is 8.58. The van der Waals surface area contributed by atoms with Crippen LogP contribution in [0.4, 0.5) is 4.79 Å². The summed E-state index contributed by atoms with van der Waals surface area (Å²) < 4.78 is 10.6. The summed E-state index contributed by atoms with van der Waals surface area (Å²) in [5.41, 5.74) is 3.05. The molecule has 4 rings (SSSR count). The van der Waals surface area contributed by atoms with Gasteiger partial charge in [-0.05, 0) is 12.1 Å². The number of hydrogen-bond donors (Lipinski definition) is 1. The minimum Gasteiger partial charge on any atom is -0.497 e. The minimum atomic E-state index is 0.0893. The van der Waals surface area contributed by atoms with Gasteiger partial charge in [0.15, 0.2) is 0 Å². The Hall–Kier alpha value is -2.54. The Morgan fingerprint density at radius 2 is 2.08 bits per heavy atom. The van der Waals surface area contributed by atoms with Crippen LogP contribution in [0.5, 0.6) is 5.75 Å². The molecule has 2 amide bonds. The second kappa shape index (κ2) is 6.76. The molecule has 7 heteroatoms. The Morgan fingerprint density at radius 3 is 2.88 bits per heavy atom. The molecule has 2 aliphatic heterocycles. The number of rotatable bonds is 2. The van der Waals surface area contributed by atoms with Gasteiger partial charge in [-0.25, -0.2) is 9.78 Å². The molecule has 2 aromatic rings. The van der Waals surface area contributed by atoms with Gasteiger partial charge in [0.05, 0.1) is 38.3 Å². The number of hydrogen-bond acceptors (Lipinski definition) is 4. The van der Waals surface area contributed by atoms with Crippen LogP contribution in [-0.4, -0.2) is 65.8 Å². The number of imidazole rings is 1. The molecule has 2 aliphatic rings. The van der Waals surface area contributed by atoms with E-state index in [0.29, 0.717) is 39.4 Å². The number of morpholine rings is 1. The quantitative estimate of drug-likeness (QED) is 0.905. The topological polar surface area (TPSA) is 70.7 Å². The van der Waals surface area contributed by atoms with Crippen LogP contribution in [0.2, 0.25) is 0 Å². The average Bonchev–Trinajstić information content (AvgIpc) is 3.11. The molecule has 1 aromatic heterocycles. The predicted octanol–water partition coefficient (Wildman–Crippen LogP) is 1.90. The lowest BCUT2D eigenvalue weighted by Crippen LogP contribution is -2.49. The number of H-pyrrole nitrogens is 1. The Morgan fingerprint density at radius 1 is 1.24 bits per heavy atom. The predicted molar refractivity (Wildman–Crippen MR) is 92.5 cm³/mol. The number of carbonyl (C=O) groups excluding carboxylic acids is 1. The Balaban J connectivity index is 1.51. The van der Waals surface area contributed by atoms with Gasteiger partial charge in [0.2, 0.25) is 0 Å². The standard InChI is InChI=1S/C18H22N4O3/c1-24-14-4-2-3-13(11-14)17-19-15-5-6-22(12-16(15)20-17)18(23)21-7-9-25-10-8-21/h2-4,11H,5-10,12H2,1H3,(H,19,20). The molecule has 7 nitrogen and oxygen atoms in total. The van der Waals surface area contributed by atoms with E-state index in [-0.39, 0.29) is 6.03 Å². The molecule has 1 saturated heterocycles. The fraction of sp³-hybridized carbons (Fsp3) is 0.444. The molecule has 0 atom stereocenters. The second-order valence-electron chi connectivity index (χ2n) is 6.30. The van der Waals surface area contributed by atoms with Crippen molar-refractivity contribution < 1.29 is 14.3 Å². The monoisotopic (exact) mass is 342 g/mol. The normalized spacial score (nSPS) is 17.3. The van der Waals surface area contributed by atoms with Gasteiger partial charge < -0.3 is 24.3 Å². The molecule has 0 bridgehead atoms. The maximum absolute atomic E-state index is 12.7. The molecule has 0 aliphatic carbocycles. The van der Waals surface area contributed by atoms with Crippen molar-refractivity contribution in [3.63, 3.8) is 0 Å². The van der Waals surface area contributed by atoms with Gasteiger partial charge in [-0.1, -0.05) is 12.1 Å². The largest absolute Gasteiger partial charge is 0.497 e. The van der Waals surface area contributed by atoms with Crippen molar-refractivity contribution in [3.05, 3.63) is 35.7 Å². The summed E-state index contributed by atoms with van der Waals surface area (Å²) in [5, 5.41) is 0. The third-order valence-electron chi connectivity index (χ3n) is 4.73. The number of nitrogens with zero attached hydrogens (tertiary/aromatic N) is 3. The first-order valence-electron chi connectivity index (χ1n) is 8.58. The highest BCUT2D eigenvalue weighted by Gasteiger charge is 2.28. The van der Waals surface area contributed by atoms with E-state index in [1.807, 2.05) is 34.1 Å². The molecule has 25 heavy (non-hydrogen) atoms. The fourth-order valence-corrected chi connectivity index (χ4v) is 3.32. The lowest BCUT2D eigenvalue weighted by atomic mass is 10.1. The fourth-order valence-electron chi connectivity index (χ4n) is 3.32. The number of aromatic amines is 1. The average molecular weight is 342 g/mol. The number of carbonyl (C=O) groups is 1. The third-order valence-corrected chi connectivity index (χ3v) is 4.73. The number of benzene rings is 1. The highest BCUT2D eigenvalue weighted by atomic mass is 16.5. The van der Waals surface area contributed by atoms with Crippen LogP contribution in [0.3, 0.4) is 0 Å². The zero-order chi connectivity index (χ0) is 17.2. The van der Waals surface area contributed by atoms with E-state index in [0.717, 1.165) is 34.9 Å². The molecule has 1 aromatic carbocycles. The molecule has 0 spiro atoms. The highest BCUT2D eigenvalue weighted by molar-refractivity contribution is 5.75. The van der Waals surface area contributed by atoms with Crippen molar-refractivity contribution in [3.8, 4) is 17.1 Å². The van der Waals surface area contributed by atoms with E-state index in [4.69, 9.17) is 14.5 Å². The lowest BCUT2D eigenvalue weighted by Gasteiger charge is -2.34. The van der Waals surface area contributed by atoms with E-state index in [9.17, 15) is 4.79 Å². The maximum Gasteiger partial charge on any atom is 0.320 e. The van der Waals surface area contributed by atoms with Crippen molar-refractivity contribution >= 4 is 6.03 Å². The number of methoxy groups -OCH3 is 1. The summed E-state index contributed by atoms with van der Waals surface area (Å²) in [4.78, 5) is 24.5. The zero-order valence-electron chi connectivity index (χ0n) is 14.3. The van der Waals surface area contributed by atoms with Gasteiger partial charge in [-0.15, -0.1) is 0 Å². The minimum absolute atomic E-state index is 0.0893. The van der Waals surface area contributed by atoms with Gasteiger partial charge in [-0.2, -0.15) is 0 Å².